The number of carbonyl (C=O) groups is 3. The Hall–Kier alpha value is -1.59. The van der Waals surface area contributed by atoms with E-state index in [0.717, 1.165) is 4.90 Å². The third-order valence-electron chi connectivity index (χ3n) is 2.59. The largest absolute Gasteiger partial charge is 0.480 e. The molecule has 6 heteroatoms. The normalized spacial score (nSPS) is 20.0. The number of nitrogens with one attached hydrogen (secondary N) is 1. The van der Waals surface area contributed by atoms with Crippen molar-refractivity contribution < 1.29 is 19.5 Å². The molecule has 0 saturated carbocycles. The lowest BCUT2D eigenvalue weighted by Gasteiger charge is -2.25. The molecule has 1 aliphatic heterocycles. The first-order valence-corrected chi connectivity index (χ1v) is 4.81. The van der Waals surface area contributed by atoms with Crippen LogP contribution in [0.1, 0.15) is 20.3 Å². The molecule has 0 unspecified atom stereocenters. The van der Waals surface area contributed by atoms with Crippen LogP contribution in [0, 0.1) is 5.92 Å². The molecule has 0 aromatic carbocycles. The second-order valence-electron chi connectivity index (χ2n) is 3.59. The first-order valence-electron chi connectivity index (χ1n) is 4.81. The molecule has 2 N–H and O–H groups in total. The molecule has 0 aliphatic carbocycles. The van der Waals surface area contributed by atoms with Gasteiger partial charge in [0.2, 0.25) is 0 Å². The predicted molar refractivity (Wildman–Crippen MR) is 51.1 cm³/mol. The Labute approximate surface area is 87.2 Å². The molecule has 0 aromatic heterocycles. The van der Waals surface area contributed by atoms with E-state index in [0.29, 0.717) is 6.42 Å². The number of carbonyl (C=O) groups excluding carboxylic acids is 2. The Morgan fingerprint density at radius 3 is 2.53 bits per heavy atom. The zero-order valence-corrected chi connectivity index (χ0v) is 8.69. The summed E-state index contributed by atoms with van der Waals surface area (Å²) < 4.78 is 0. The Bertz CT molecular complexity index is 286. The van der Waals surface area contributed by atoms with Gasteiger partial charge in [-0.2, -0.15) is 0 Å². The molecule has 6 nitrogen and oxygen atoms in total. The molecule has 1 aliphatic rings. The molecule has 0 spiro atoms. The van der Waals surface area contributed by atoms with E-state index in [1.807, 2.05) is 6.92 Å². The van der Waals surface area contributed by atoms with Crippen molar-refractivity contribution in [2.24, 2.45) is 5.92 Å². The number of carboxylic acids is 1. The molecule has 0 radical (unpaired) electrons. The highest BCUT2D eigenvalue weighted by molar-refractivity contribution is 6.04. The van der Waals surface area contributed by atoms with Gasteiger partial charge >= 0.3 is 12.0 Å². The fourth-order valence-corrected chi connectivity index (χ4v) is 1.55. The monoisotopic (exact) mass is 214 g/mol. The van der Waals surface area contributed by atoms with Crippen molar-refractivity contribution in [2.45, 2.75) is 26.3 Å². The average Bonchev–Trinajstić information content (AvgIpc) is 2.49. The van der Waals surface area contributed by atoms with Crippen LogP contribution in [0.4, 0.5) is 4.79 Å². The van der Waals surface area contributed by atoms with E-state index >= 15 is 0 Å². The molecule has 1 rings (SSSR count). The first-order chi connectivity index (χ1) is 6.99. The van der Waals surface area contributed by atoms with Crippen molar-refractivity contribution in [1.82, 2.24) is 10.2 Å². The molecule has 2 atom stereocenters. The number of rotatable bonds is 4. The molecule has 1 saturated heterocycles. The van der Waals surface area contributed by atoms with Crippen molar-refractivity contribution >= 4 is 17.9 Å². The van der Waals surface area contributed by atoms with E-state index in [9.17, 15) is 14.4 Å². The number of nitrogens with zero attached hydrogens (tertiary/aromatic N) is 1. The van der Waals surface area contributed by atoms with Crippen LogP contribution in [0.25, 0.3) is 0 Å². The van der Waals surface area contributed by atoms with Crippen LogP contribution in [-0.2, 0) is 9.59 Å². The molecule has 1 heterocycles. The van der Waals surface area contributed by atoms with Crippen LogP contribution in [0.2, 0.25) is 0 Å². The SMILES string of the molecule is CC[C@H](C)[C@@H](C(=O)O)N1C(=O)CNC1=O. The van der Waals surface area contributed by atoms with Crippen LogP contribution in [-0.4, -0.2) is 40.5 Å². The van der Waals surface area contributed by atoms with Crippen LogP contribution in [0.15, 0.2) is 0 Å². The maximum absolute atomic E-state index is 11.3. The highest BCUT2D eigenvalue weighted by Crippen LogP contribution is 2.17. The second-order valence-corrected chi connectivity index (χ2v) is 3.59. The second kappa shape index (κ2) is 4.29. The van der Waals surface area contributed by atoms with Crippen LogP contribution in [0.3, 0.4) is 0 Å². The van der Waals surface area contributed by atoms with E-state index in [1.165, 1.54) is 0 Å². The lowest BCUT2D eigenvalue weighted by molar-refractivity contribution is -0.148. The minimum absolute atomic E-state index is 0.112. The van der Waals surface area contributed by atoms with Gasteiger partial charge in [0.1, 0.15) is 6.04 Å². The number of urea groups is 1. The van der Waals surface area contributed by atoms with Crippen molar-refractivity contribution in [3.8, 4) is 0 Å². The number of hydrogen-bond acceptors (Lipinski definition) is 3. The van der Waals surface area contributed by atoms with Crippen LogP contribution in [0.5, 0.6) is 0 Å². The van der Waals surface area contributed by atoms with E-state index in [-0.39, 0.29) is 12.5 Å². The van der Waals surface area contributed by atoms with Gasteiger partial charge in [-0.3, -0.25) is 4.79 Å². The molecule has 0 aromatic rings. The van der Waals surface area contributed by atoms with Gasteiger partial charge in [-0.15, -0.1) is 0 Å². The third-order valence-corrected chi connectivity index (χ3v) is 2.59. The molecular weight excluding hydrogens is 200 g/mol. The summed E-state index contributed by atoms with van der Waals surface area (Å²) in [7, 11) is 0. The molecule has 15 heavy (non-hydrogen) atoms. The van der Waals surface area contributed by atoms with E-state index < -0.39 is 23.9 Å². The van der Waals surface area contributed by atoms with Crippen molar-refractivity contribution in [3.63, 3.8) is 0 Å². The van der Waals surface area contributed by atoms with Gasteiger partial charge in [0.15, 0.2) is 0 Å². The van der Waals surface area contributed by atoms with Crippen molar-refractivity contribution in [2.75, 3.05) is 6.54 Å². The number of carboxylic acid groups (broad SMARTS) is 1. The van der Waals surface area contributed by atoms with E-state index in [2.05, 4.69) is 5.32 Å². The van der Waals surface area contributed by atoms with Crippen molar-refractivity contribution in [1.29, 1.82) is 0 Å². The fourth-order valence-electron chi connectivity index (χ4n) is 1.55. The standard InChI is InChI=1S/C9H14N2O4/c1-3-5(2)7(8(13)14)11-6(12)4-10-9(11)15/h5,7H,3-4H2,1-2H3,(H,10,15)(H,13,14)/t5-,7-/m0/s1. The van der Waals surface area contributed by atoms with Crippen LogP contribution >= 0.6 is 0 Å². The third kappa shape index (κ3) is 2.08. The molecule has 84 valence electrons. The fraction of sp³-hybridized carbons (Fsp3) is 0.667. The Morgan fingerprint density at radius 2 is 2.20 bits per heavy atom. The van der Waals surface area contributed by atoms with Crippen LogP contribution < -0.4 is 5.32 Å². The highest BCUT2D eigenvalue weighted by atomic mass is 16.4. The lowest BCUT2D eigenvalue weighted by Crippen LogP contribution is -2.48. The quantitative estimate of drug-likeness (QED) is 0.647. The minimum Gasteiger partial charge on any atom is -0.480 e. The zero-order valence-electron chi connectivity index (χ0n) is 8.69. The topological polar surface area (TPSA) is 86.7 Å². The maximum atomic E-state index is 11.3. The summed E-state index contributed by atoms with van der Waals surface area (Å²) in [6, 6.07) is -1.68. The summed E-state index contributed by atoms with van der Waals surface area (Å²) in [5.41, 5.74) is 0. The Morgan fingerprint density at radius 1 is 1.60 bits per heavy atom. The van der Waals surface area contributed by atoms with E-state index in [4.69, 9.17) is 5.11 Å². The summed E-state index contributed by atoms with van der Waals surface area (Å²) in [4.78, 5) is 34.4. The molecule has 3 amide bonds. The lowest BCUT2D eigenvalue weighted by atomic mass is 9.98. The van der Waals surface area contributed by atoms with E-state index in [1.54, 1.807) is 6.92 Å². The zero-order chi connectivity index (χ0) is 11.6. The number of hydrogen-bond donors (Lipinski definition) is 2. The summed E-state index contributed by atoms with van der Waals surface area (Å²) in [5.74, 6) is -1.88. The maximum Gasteiger partial charge on any atom is 0.327 e. The summed E-state index contributed by atoms with van der Waals surface area (Å²) in [6.45, 7) is 3.41. The van der Waals surface area contributed by atoms with Gasteiger partial charge < -0.3 is 10.4 Å². The van der Waals surface area contributed by atoms with Crippen molar-refractivity contribution in [3.05, 3.63) is 0 Å². The van der Waals surface area contributed by atoms with Gasteiger partial charge in [0.25, 0.3) is 5.91 Å². The van der Waals surface area contributed by atoms with Gasteiger partial charge in [-0.25, -0.2) is 14.5 Å². The summed E-state index contributed by atoms with van der Waals surface area (Å²) in [5, 5.41) is 11.3. The average molecular weight is 214 g/mol. The number of amides is 3. The highest BCUT2D eigenvalue weighted by Gasteiger charge is 2.41. The number of aliphatic carboxylic acids is 1. The Kier molecular flexibility index (Phi) is 3.28. The van der Waals surface area contributed by atoms with Gasteiger partial charge in [0.05, 0.1) is 6.54 Å². The summed E-state index contributed by atoms with van der Waals surface area (Å²) >= 11 is 0. The Balaban J connectivity index is 2.93. The minimum atomic E-state index is -1.14. The molecular formula is C9H14N2O4. The number of imide groups is 1. The first kappa shape index (κ1) is 11.5. The summed E-state index contributed by atoms with van der Waals surface area (Å²) in [6.07, 6.45) is 0.591. The molecule has 1 fully saturated rings. The van der Waals surface area contributed by atoms with Gasteiger partial charge in [-0.05, 0) is 5.92 Å². The molecule has 0 bridgehead atoms. The van der Waals surface area contributed by atoms with Gasteiger partial charge in [-0.1, -0.05) is 20.3 Å². The van der Waals surface area contributed by atoms with Gasteiger partial charge in [0, 0.05) is 0 Å². The predicted octanol–water partition coefficient (Wildman–Crippen LogP) is 0.0375. The smallest absolute Gasteiger partial charge is 0.327 e.